The van der Waals surface area contributed by atoms with Crippen LogP contribution in [0.5, 0.6) is 0 Å². The van der Waals surface area contributed by atoms with Crippen molar-refractivity contribution in [2.24, 2.45) is 4.99 Å². The Morgan fingerprint density at radius 3 is 2.43 bits per heavy atom. The number of benzene rings is 1. The highest BCUT2D eigenvalue weighted by Crippen LogP contribution is 2.46. The molecule has 3 aliphatic rings. The van der Waals surface area contributed by atoms with E-state index in [-0.39, 0.29) is 24.3 Å². The highest BCUT2D eigenvalue weighted by atomic mass is 35.5. The zero-order valence-corrected chi connectivity index (χ0v) is 21.9. The number of hydrogen-bond acceptors (Lipinski definition) is 7. The van der Waals surface area contributed by atoms with Gasteiger partial charge in [-0.15, -0.1) is 0 Å². The number of thioether (sulfide) groups is 1. The maximum Gasteiger partial charge on any atom is 0.338 e. The largest absolute Gasteiger partial charge is 0.459 e. The minimum atomic E-state index is -0.564. The van der Waals surface area contributed by atoms with Crippen LogP contribution in [0.2, 0.25) is 5.02 Å². The third-order valence-corrected chi connectivity index (χ3v) is 7.41. The summed E-state index contributed by atoms with van der Waals surface area (Å²) < 4.78 is 5.57. The summed E-state index contributed by atoms with van der Waals surface area (Å²) in [6, 6.07) is 6.82. The fourth-order valence-electron chi connectivity index (χ4n) is 4.44. The van der Waals surface area contributed by atoms with Gasteiger partial charge >= 0.3 is 5.97 Å². The molecule has 0 aromatic heterocycles. The van der Waals surface area contributed by atoms with Crippen LogP contribution < -0.4 is 0 Å². The summed E-state index contributed by atoms with van der Waals surface area (Å²) in [5.41, 5.74) is 2.47. The Hall–Kier alpha value is -2.78. The first-order valence-electron chi connectivity index (χ1n) is 11.6. The van der Waals surface area contributed by atoms with Gasteiger partial charge in [0.2, 0.25) is 11.8 Å². The number of nitrogens with zero attached hydrogens (tertiary/aromatic N) is 4. The number of aliphatic imine (C=N–C) groups is 1. The Morgan fingerprint density at radius 2 is 1.80 bits per heavy atom. The lowest BCUT2D eigenvalue weighted by Gasteiger charge is -2.38. The summed E-state index contributed by atoms with van der Waals surface area (Å²) in [5.74, 6) is -0.461. The van der Waals surface area contributed by atoms with Crippen LogP contribution in [-0.2, 0) is 19.1 Å². The first-order chi connectivity index (χ1) is 16.7. The topological polar surface area (TPSA) is 82.5 Å². The van der Waals surface area contributed by atoms with E-state index >= 15 is 0 Å². The first kappa shape index (κ1) is 25.3. The maximum absolute atomic E-state index is 13.2. The van der Waals surface area contributed by atoms with E-state index < -0.39 is 12.0 Å². The summed E-state index contributed by atoms with van der Waals surface area (Å²) >= 11 is 8.03. The summed E-state index contributed by atoms with van der Waals surface area (Å²) in [6.45, 7) is 9.00. The van der Waals surface area contributed by atoms with Crippen molar-refractivity contribution < 1.29 is 19.1 Å². The molecule has 2 amide bonds. The average Bonchev–Trinajstić information content (AvgIpc) is 3.20. The standard InChI is InChI=1S/C25H29ClN4O4S/c1-15(2)34-24(33)22-16(3)27-25-30(23(22)19-7-5-6-8-20(19)26)18(14-35-25)13-21(32)29-11-9-28(10-12-29)17(4)31/h5-8,14-15,23H,9-13H2,1-4H3. The second kappa shape index (κ2) is 10.5. The summed E-state index contributed by atoms with van der Waals surface area (Å²) in [6.07, 6.45) is -0.142. The van der Waals surface area contributed by atoms with Crippen molar-refractivity contribution in [2.45, 2.75) is 46.3 Å². The van der Waals surface area contributed by atoms with Crippen molar-refractivity contribution in [1.82, 2.24) is 14.7 Å². The molecule has 4 rings (SSSR count). The molecule has 0 saturated carbocycles. The number of carbonyl (C=O) groups excluding carboxylic acids is 3. The van der Waals surface area contributed by atoms with Crippen molar-refractivity contribution in [3.05, 3.63) is 57.2 Å². The van der Waals surface area contributed by atoms with Gasteiger partial charge in [0.1, 0.15) is 0 Å². The molecule has 3 heterocycles. The molecule has 0 spiro atoms. The number of esters is 1. The van der Waals surface area contributed by atoms with E-state index in [0.29, 0.717) is 47.6 Å². The van der Waals surface area contributed by atoms with Crippen LogP contribution in [0.4, 0.5) is 0 Å². The van der Waals surface area contributed by atoms with Crippen LogP contribution in [0, 0.1) is 0 Å². The molecular weight excluding hydrogens is 488 g/mol. The molecule has 1 saturated heterocycles. The monoisotopic (exact) mass is 516 g/mol. The lowest BCUT2D eigenvalue weighted by Crippen LogP contribution is -2.50. The molecule has 1 aromatic rings. The number of allylic oxidation sites excluding steroid dienone is 1. The van der Waals surface area contributed by atoms with Gasteiger partial charge in [-0.1, -0.05) is 41.6 Å². The third-order valence-electron chi connectivity index (χ3n) is 6.17. The van der Waals surface area contributed by atoms with Crippen LogP contribution in [0.1, 0.15) is 45.7 Å². The molecule has 1 unspecified atom stereocenters. The highest BCUT2D eigenvalue weighted by molar-refractivity contribution is 8.16. The minimum absolute atomic E-state index is 0.0201. The molecule has 1 fully saturated rings. The SMILES string of the molecule is CC(=O)N1CCN(C(=O)CC2=CSC3=NC(C)=C(C(=O)OC(C)C)C(c4ccccc4Cl)N23)CC1. The van der Waals surface area contributed by atoms with E-state index in [0.717, 1.165) is 11.3 Å². The van der Waals surface area contributed by atoms with E-state index in [1.165, 1.54) is 11.8 Å². The van der Waals surface area contributed by atoms with Gasteiger partial charge in [-0.25, -0.2) is 9.79 Å². The molecule has 3 aliphatic heterocycles. The van der Waals surface area contributed by atoms with Gasteiger partial charge in [0, 0.05) is 43.8 Å². The van der Waals surface area contributed by atoms with Crippen LogP contribution in [-0.4, -0.2) is 69.9 Å². The number of piperazine rings is 1. The minimum Gasteiger partial charge on any atom is -0.459 e. The first-order valence-corrected chi connectivity index (χ1v) is 12.9. The van der Waals surface area contributed by atoms with E-state index in [1.54, 1.807) is 43.6 Å². The van der Waals surface area contributed by atoms with E-state index in [2.05, 4.69) is 4.99 Å². The molecule has 0 N–H and O–H groups in total. The molecule has 0 bridgehead atoms. The molecule has 8 nitrogen and oxygen atoms in total. The Morgan fingerprint density at radius 1 is 1.14 bits per heavy atom. The predicted octanol–water partition coefficient (Wildman–Crippen LogP) is 3.95. The smallest absolute Gasteiger partial charge is 0.338 e. The lowest BCUT2D eigenvalue weighted by atomic mass is 9.93. The Balaban J connectivity index is 1.63. The molecule has 186 valence electrons. The van der Waals surface area contributed by atoms with Gasteiger partial charge in [0.25, 0.3) is 0 Å². The van der Waals surface area contributed by atoms with Crippen LogP contribution >= 0.6 is 23.4 Å². The zero-order valence-electron chi connectivity index (χ0n) is 20.3. The summed E-state index contributed by atoms with van der Waals surface area (Å²) in [4.78, 5) is 48.2. The molecule has 1 aromatic carbocycles. The normalized spacial score (nSPS) is 20.1. The van der Waals surface area contributed by atoms with Crippen molar-refractivity contribution in [3.8, 4) is 0 Å². The van der Waals surface area contributed by atoms with Crippen molar-refractivity contribution in [2.75, 3.05) is 26.2 Å². The van der Waals surface area contributed by atoms with Crippen molar-refractivity contribution in [3.63, 3.8) is 0 Å². The number of rotatable bonds is 5. The number of hydrogen-bond donors (Lipinski definition) is 0. The van der Waals surface area contributed by atoms with E-state index in [9.17, 15) is 14.4 Å². The van der Waals surface area contributed by atoms with Gasteiger partial charge in [-0.05, 0) is 37.8 Å². The third kappa shape index (κ3) is 5.26. The van der Waals surface area contributed by atoms with Crippen LogP contribution in [0.3, 0.4) is 0 Å². The summed E-state index contributed by atoms with van der Waals surface area (Å²) in [5, 5.41) is 3.12. The fraction of sp³-hybridized carbons (Fsp3) is 0.440. The molecule has 35 heavy (non-hydrogen) atoms. The molecule has 0 aliphatic carbocycles. The highest BCUT2D eigenvalue weighted by Gasteiger charge is 2.42. The number of ether oxygens (including phenoxy) is 1. The van der Waals surface area contributed by atoms with Gasteiger partial charge in [-0.3, -0.25) is 9.59 Å². The van der Waals surface area contributed by atoms with Crippen LogP contribution in [0.25, 0.3) is 0 Å². The zero-order chi connectivity index (χ0) is 25.3. The molecule has 0 radical (unpaired) electrons. The number of halogens is 1. The van der Waals surface area contributed by atoms with Gasteiger partial charge in [0.15, 0.2) is 5.17 Å². The van der Waals surface area contributed by atoms with Gasteiger partial charge in [-0.2, -0.15) is 0 Å². The van der Waals surface area contributed by atoms with E-state index in [1.807, 2.05) is 28.5 Å². The van der Waals surface area contributed by atoms with Crippen molar-refractivity contribution >= 4 is 46.3 Å². The maximum atomic E-state index is 13.2. The fourth-order valence-corrected chi connectivity index (χ4v) is 5.64. The number of amides is 2. The molecular formula is C25H29ClN4O4S. The predicted molar refractivity (Wildman–Crippen MR) is 137 cm³/mol. The van der Waals surface area contributed by atoms with Crippen molar-refractivity contribution in [1.29, 1.82) is 0 Å². The average molecular weight is 517 g/mol. The number of carbonyl (C=O) groups is 3. The second-order valence-electron chi connectivity index (χ2n) is 8.93. The number of amidine groups is 1. The quantitative estimate of drug-likeness (QED) is 0.551. The lowest BCUT2D eigenvalue weighted by molar-refractivity contribution is -0.143. The van der Waals surface area contributed by atoms with Crippen LogP contribution in [0.15, 0.2) is 51.6 Å². The Kier molecular flexibility index (Phi) is 7.56. The molecule has 10 heteroatoms. The van der Waals surface area contributed by atoms with Gasteiger partial charge < -0.3 is 19.4 Å². The Bertz CT molecular complexity index is 1140. The van der Waals surface area contributed by atoms with Gasteiger partial charge in [0.05, 0.1) is 29.8 Å². The second-order valence-corrected chi connectivity index (χ2v) is 10.2. The number of fused-ring (bicyclic) bond motifs is 1. The Labute approximate surface area is 214 Å². The molecule has 1 atom stereocenters. The summed E-state index contributed by atoms with van der Waals surface area (Å²) in [7, 11) is 0. The van der Waals surface area contributed by atoms with E-state index in [4.69, 9.17) is 16.3 Å².